The lowest BCUT2D eigenvalue weighted by atomic mass is 9.94. The van der Waals surface area contributed by atoms with E-state index >= 15 is 0 Å². The highest BCUT2D eigenvalue weighted by Gasteiger charge is 2.49. The van der Waals surface area contributed by atoms with E-state index < -0.39 is 11.5 Å². The van der Waals surface area contributed by atoms with Gasteiger partial charge in [-0.15, -0.1) is 0 Å². The topological polar surface area (TPSA) is 69.6 Å². The van der Waals surface area contributed by atoms with Crippen LogP contribution in [-0.4, -0.2) is 40.6 Å². The zero-order valence-electron chi connectivity index (χ0n) is 8.66. The Balaban J connectivity index is 2.23. The van der Waals surface area contributed by atoms with Gasteiger partial charge >= 0.3 is 12.0 Å². The second-order valence-electron chi connectivity index (χ2n) is 4.28. The highest BCUT2D eigenvalue weighted by molar-refractivity contribution is 5.87. The highest BCUT2D eigenvalue weighted by atomic mass is 16.4. The summed E-state index contributed by atoms with van der Waals surface area (Å²) in [5.41, 5.74) is -0.926. The Morgan fingerprint density at radius 3 is 2.53 bits per heavy atom. The van der Waals surface area contributed by atoms with Crippen LogP contribution in [0.1, 0.15) is 32.1 Å². The number of amides is 2. The molecule has 0 atom stereocenters. The molecule has 1 saturated carbocycles. The molecule has 0 bridgehead atoms. The molecule has 0 aromatic heterocycles. The number of aliphatic carboxylic acids is 1. The minimum atomic E-state index is -0.926. The fraction of sp³-hybridized carbons (Fsp3) is 0.800. The summed E-state index contributed by atoms with van der Waals surface area (Å²) in [7, 11) is 0. The molecule has 0 radical (unpaired) electrons. The molecule has 2 aliphatic rings. The third kappa shape index (κ3) is 1.56. The first-order valence-corrected chi connectivity index (χ1v) is 5.46. The smallest absolute Gasteiger partial charge is 0.329 e. The largest absolute Gasteiger partial charge is 0.479 e. The maximum Gasteiger partial charge on any atom is 0.329 e. The lowest BCUT2D eigenvalue weighted by Gasteiger charge is -2.40. The molecule has 1 saturated heterocycles. The molecule has 1 heterocycles. The average Bonchev–Trinajstić information content (AvgIpc) is 2.68. The summed E-state index contributed by atoms with van der Waals surface area (Å²) in [6, 6.07) is -0.217. The van der Waals surface area contributed by atoms with E-state index in [1.54, 1.807) is 0 Å². The van der Waals surface area contributed by atoms with Gasteiger partial charge < -0.3 is 15.3 Å². The van der Waals surface area contributed by atoms with Crippen LogP contribution in [-0.2, 0) is 4.79 Å². The van der Waals surface area contributed by atoms with E-state index in [0.717, 1.165) is 19.3 Å². The Labute approximate surface area is 88.4 Å². The van der Waals surface area contributed by atoms with Gasteiger partial charge in [0.25, 0.3) is 0 Å². The summed E-state index contributed by atoms with van der Waals surface area (Å²) in [5, 5.41) is 12.0. The molecule has 84 valence electrons. The molecule has 15 heavy (non-hydrogen) atoms. The fourth-order valence-electron chi connectivity index (χ4n) is 2.60. The lowest BCUT2D eigenvalue weighted by Crippen LogP contribution is -2.61. The summed E-state index contributed by atoms with van der Waals surface area (Å²) in [4.78, 5) is 24.5. The Morgan fingerprint density at radius 1 is 1.33 bits per heavy atom. The van der Waals surface area contributed by atoms with Crippen molar-refractivity contribution in [1.82, 2.24) is 10.2 Å². The molecule has 5 heteroatoms. The second-order valence-corrected chi connectivity index (χ2v) is 4.28. The maximum atomic E-state index is 11.6. The number of carboxylic acid groups (broad SMARTS) is 1. The minimum absolute atomic E-state index is 0.217. The minimum Gasteiger partial charge on any atom is -0.479 e. The molecule has 5 nitrogen and oxygen atoms in total. The maximum absolute atomic E-state index is 11.6. The zero-order valence-corrected chi connectivity index (χ0v) is 8.66. The van der Waals surface area contributed by atoms with Gasteiger partial charge in [-0.2, -0.15) is 0 Å². The molecular formula is C10H16N2O3. The fourth-order valence-corrected chi connectivity index (χ4v) is 2.60. The van der Waals surface area contributed by atoms with Gasteiger partial charge in [0.05, 0.1) is 0 Å². The molecule has 2 fully saturated rings. The normalized spacial score (nSPS) is 25.1. The number of rotatable bonds is 2. The molecule has 0 aromatic rings. The Hall–Kier alpha value is -1.26. The van der Waals surface area contributed by atoms with Crippen LogP contribution in [0, 0.1) is 0 Å². The summed E-state index contributed by atoms with van der Waals surface area (Å²) in [6.07, 6.45) is 3.82. The van der Waals surface area contributed by atoms with Gasteiger partial charge in [-0.1, -0.05) is 12.8 Å². The monoisotopic (exact) mass is 212 g/mol. The predicted octanol–water partition coefficient (Wildman–Crippen LogP) is 0.799. The van der Waals surface area contributed by atoms with Crippen LogP contribution in [0.5, 0.6) is 0 Å². The summed E-state index contributed by atoms with van der Waals surface area (Å²) in [6.45, 7) is 1.23. The van der Waals surface area contributed by atoms with Crippen LogP contribution >= 0.6 is 0 Å². The van der Waals surface area contributed by atoms with Crippen LogP contribution in [0.25, 0.3) is 0 Å². The number of hydrogen-bond donors (Lipinski definition) is 2. The van der Waals surface area contributed by atoms with Crippen LogP contribution in [0.4, 0.5) is 4.79 Å². The first-order chi connectivity index (χ1) is 7.17. The van der Waals surface area contributed by atoms with E-state index in [2.05, 4.69) is 5.32 Å². The zero-order chi connectivity index (χ0) is 10.9. The number of hydrogen-bond acceptors (Lipinski definition) is 2. The van der Waals surface area contributed by atoms with Gasteiger partial charge in [-0.05, 0) is 19.3 Å². The van der Waals surface area contributed by atoms with E-state index in [1.165, 1.54) is 4.90 Å². The molecule has 1 aliphatic carbocycles. The van der Waals surface area contributed by atoms with Gasteiger partial charge in [0.1, 0.15) is 5.54 Å². The molecular weight excluding hydrogens is 196 g/mol. The van der Waals surface area contributed by atoms with E-state index in [9.17, 15) is 14.7 Å². The van der Waals surface area contributed by atoms with Gasteiger partial charge in [-0.25, -0.2) is 9.59 Å². The van der Waals surface area contributed by atoms with Crippen LogP contribution in [0.3, 0.4) is 0 Å². The van der Waals surface area contributed by atoms with Gasteiger partial charge in [-0.3, -0.25) is 0 Å². The number of nitrogens with zero attached hydrogens (tertiary/aromatic N) is 1. The molecule has 2 rings (SSSR count). The molecule has 0 spiro atoms. The number of carbonyl (C=O) groups is 2. The molecule has 2 N–H and O–H groups in total. The van der Waals surface area contributed by atoms with Crippen molar-refractivity contribution in [2.24, 2.45) is 0 Å². The third-order valence-corrected chi connectivity index (χ3v) is 3.43. The lowest BCUT2D eigenvalue weighted by molar-refractivity contribution is -0.149. The summed E-state index contributed by atoms with van der Waals surface area (Å²) >= 11 is 0. The van der Waals surface area contributed by atoms with E-state index in [0.29, 0.717) is 25.9 Å². The van der Waals surface area contributed by atoms with Crippen molar-refractivity contribution in [3.05, 3.63) is 0 Å². The van der Waals surface area contributed by atoms with Crippen LogP contribution in [0.2, 0.25) is 0 Å². The van der Waals surface area contributed by atoms with Crippen LogP contribution < -0.4 is 5.32 Å². The Bertz CT molecular complexity index is 284. The van der Waals surface area contributed by atoms with Crippen molar-refractivity contribution < 1.29 is 14.7 Å². The third-order valence-electron chi connectivity index (χ3n) is 3.43. The Kier molecular flexibility index (Phi) is 2.54. The van der Waals surface area contributed by atoms with Crippen molar-refractivity contribution in [2.45, 2.75) is 37.6 Å². The van der Waals surface area contributed by atoms with Crippen molar-refractivity contribution in [2.75, 3.05) is 13.1 Å². The number of carbonyl (C=O) groups excluding carboxylic acids is 1. The molecule has 1 aliphatic heterocycles. The van der Waals surface area contributed by atoms with Crippen molar-refractivity contribution in [1.29, 1.82) is 0 Å². The van der Waals surface area contributed by atoms with Crippen molar-refractivity contribution in [3.63, 3.8) is 0 Å². The molecule has 2 amide bonds. The predicted molar refractivity (Wildman–Crippen MR) is 53.6 cm³/mol. The average molecular weight is 212 g/mol. The SMILES string of the molecule is O=C1NCCCN1C1(C(=O)O)CCCC1. The second kappa shape index (κ2) is 3.72. The first kappa shape index (κ1) is 10.3. The van der Waals surface area contributed by atoms with Crippen molar-refractivity contribution in [3.8, 4) is 0 Å². The van der Waals surface area contributed by atoms with E-state index in [1.807, 2.05) is 0 Å². The van der Waals surface area contributed by atoms with E-state index in [-0.39, 0.29) is 6.03 Å². The quantitative estimate of drug-likeness (QED) is 0.711. The van der Waals surface area contributed by atoms with E-state index in [4.69, 9.17) is 0 Å². The molecule has 0 unspecified atom stereocenters. The number of nitrogens with one attached hydrogen (secondary N) is 1. The summed E-state index contributed by atoms with van der Waals surface area (Å²) in [5.74, 6) is -0.850. The number of carboxylic acids is 1. The van der Waals surface area contributed by atoms with Crippen molar-refractivity contribution >= 4 is 12.0 Å². The van der Waals surface area contributed by atoms with Gasteiger partial charge in [0.2, 0.25) is 0 Å². The Morgan fingerprint density at radius 2 is 2.00 bits per heavy atom. The van der Waals surface area contributed by atoms with Gasteiger partial charge in [0, 0.05) is 13.1 Å². The van der Waals surface area contributed by atoms with Crippen LogP contribution in [0.15, 0.2) is 0 Å². The molecule has 0 aromatic carbocycles. The van der Waals surface area contributed by atoms with Gasteiger partial charge in [0.15, 0.2) is 0 Å². The number of urea groups is 1. The summed E-state index contributed by atoms with van der Waals surface area (Å²) < 4.78 is 0. The standard InChI is InChI=1S/C10H16N2O3/c13-8(14)10(4-1-2-5-10)12-7-3-6-11-9(12)15/h1-7H2,(H,11,15)(H,13,14). The first-order valence-electron chi connectivity index (χ1n) is 5.46. The highest BCUT2D eigenvalue weighted by Crippen LogP contribution is 2.36.